The highest BCUT2D eigenvalue weighted by Crippen LogP contribution is 2.28. The molecule has 0 spiro atoms. The Balaban J connectivity index is 1.31. The quantitative estimate of drug-likeness (QED) is 0.856. The Morgan fingerprint density at radius 2 is 1.88 bits per heavy atom. The Kier molecular flexibility index (Phi) is 4.53. The van der Waals surface area contributed by atoms with Crippen LogP contribution in [0.15, 0.2) is 28.8 Å². The number of aryl methyl sites for hydroxylation is 1. The minimum atomic E-state index is 0.291. The zero-order valence-corrected chi connectivity index (χ0v) is 14.6. The number of carbonyl (C=O) groups is 1. The molecule has 6 nitrogen and oxygen atoms in total. The summed E-state index contributed by atoms with van der Waals surface area (Å²) in [7, 11) is 0. The molecule has 0 radical (unpaired) electrons. The van der Waals surface area contributed by atoms with Crippen molar-refractivity contribution in [2.45, 2.75) is 32.7 Å². The Morgan fingerprint density at radius 1 is 1.16 bits per heavy atom. The van der Waals surface area contributed by atoms with Crippen LogP contribution in [0.25, 0.3) is 11.4 Å². The minimum absolute atomic E-state index is 0.291. The first-order valence-electron chi connectivity index (χ1n) is 9.10. The molecule has 2 heterocycles. The molecule has 2 aromatic rings. The number of hydrogen-bond donors (Lipinski definition) is 0. The van der Waals surface area contributed by atoms with Crippen molar-refractivity contribution in [2.24, 2.45) is 5.92 Å². The molecule has 1 aliphatic heterocycles. The summed E-state index contributed by atoms with van der Waals surface area (Å²) in [5.74, 6) is 1.91. The predicted molar refractivity (Wildman–Crippen MR) is 93.7 cm³/mol. The van der Waals surface area contributed by atoms with Gasteiger partial charge in [-0.05, 0) is 19.8 Å². The molecule has 1 aliphatic carbocycles. The van der Waals surface area contributed by atoms with Gasteiger partial charge in [0.25, 0.3) is 0 Å². The van der Waals surface area contributed by atoms with Gasteiger partial charge in [-0.15, -0.1) is 0 Å². The van der Waals surface area contributed by atoms with Gasteiger partial charge in [0.05, 0.1) is 6.54 Å². The summed E-state index contributed by atoms with van der Waals surface area (Å²) in [5.41, 5.74) is 2.18. The Hall–Kier alpha value is -2.21. The van der Waals surface area contributed by atoms with Crippen molar-refractivity contribution in [3.63, 3.8) is 0 Å². The van der Waals surface area contributed by atoms with Crippen LogP contribution in [0.1, 0.15) is 30.7 Å². The van der Waals surface area contributed by atoms with Crippen LogP contribution in [0.3, 0.4) is 0 Å². The van der Waals surface area contributed by atoms with Crippen molar-refractivity contribution in [3.8, 4) is 11.4 Å². The molecule has 1 saturated heterocycles. The fourth-order valence-corrected chi connectivity index (χ4v) is 3.37. The van der Waals surface area contributed by atoms with Crippen molar-refractivity contribution < 1.29 is 9.32 Å². The lowest BCUT2D eigenvalue weighted by molar-refractivity contribution is -0.140. The molecule has 1 amide bonds. The first-order chi connectivity index (χ1) is 12.2. The van der Waals surface area contributed by atoms with Gasteiger partial charge in [-0.3, -0.25) is 9.69 Å². The van der Waals surface area contributed by atoms with E-state index in [2.05, 4.69) is 22.0 Å². The molecule has 132 valence electrons. The van der Waals surface area contributed by atoms with E-state index in [-0.39, 0.29) is 0 Å². The molecule has 6 heteroatoms. The van der Waals surface area contributed by atoms with E-state index in [9.17, 15) is 4.79 Å². The van der Waals surface area contributed by atoms with Crippen molar-refractivity contribution >= 4 is 5.91 Å². The van der Waals surface area contributed by atoms with Gasteiger partial charge >= 0.3 is 0 Å². The molecule has 25 heavy (non-hydrogen) atoms. The summed E-state index contributed by atoms with van der Waals surface area (Å²) in [5, 5.41) is 4.09. The average molecular weight is 340 g/mol. The molecule has 0 N–H and O–H groups in total. The Bertz CT molecular complexity index is 728. The molecule has 0 bridgehead atoms. The third-order valence-electron chi connectivity index (χ3n) is 5.28. The van der Waals surface area contributed by atoms with E-state index in [1.807, 2.05) is 29.2 Å². The third-order valence-corrected chi connectivity index (χ3v) is 5.28. The topological polar surface area (TPSA) is 62.5 Å². The van der Waals surface area contributed by atoms with E-state index in [1.165, 1.54) is 12.0 Å². The lowest BCUT2D eigenvalue weighted by atomic mass is 9.84. The summed E-state index contributed by atoms with van der Waals surface area (Å²) in [4.78, 5) is 21.1. The maximum absolute atomic E-state index is 12.3. The van der Waals surface area contributed by atoms with Crippen molar-refractivity contribution in [2.75, 3.05) is 26.2 Å². The number of nitrogens with zero attached hydrogens (tertiary/aromatic N) is 4. The highest BCUT2D eigenvalue weighted by Gasteiger charge is 2.31. The second kappa shape index (κ2) is 6.96. The van der Waals surface area contributed by atoms with Crippen LogP contribution in [-0.2, 0) is 11.3 Å². The maximum atomic E-state index is 12.3. The van der Waals surface area contributed by atoms with E-state index in [0.29, 0.717) is 30.1 Å². The average Bonchev–Trinajstić information content (AvgIpc) is 3.03. The molecule has 0 atom stereocenters. The highest BCUT2D eigenvalue weighted by atomic mass is 16.5. The summed E-state index contributed by atoms with van der Waals surface area (Å²) < 4.78 is 5.41. The fourth-order valence-electron chi connectivity index (χ4n) is 3.37. The fraction of sp³-hybridized carbons (Fsp3) is 0.526. The van der Waals surface area contributed by atoms with E-state index < -0.39 is 0 Å². The first kappa shape index (κ1) is 16.3. The number of carbonyl (C=O) groups excluding carboxylic acids is 1. The van der Waals surface area contributed by atoms with Crippen LogP contribution in [0.4, 0.5) is 0 Å². The van der Waals surface area contributed by atoms with Crippen LogP contribution in [0.2, 0.25) is 0 Å². The smallest absolute Gasteiger partial charge is 0.241 e. The van der Waals surface area contributed by atoms with Gasteiger partial charge in [-0.1, -0.05) is 41.4 Å². The molecular weight excluding hydrogens is 316 g/mol. The number of aromatic nitrogens is 2. The van der Waals surface area contributed by atoms with Crippen LogP contribution in [0.5, 0.6) is 0 Å². The highest BCUT2D eigenvalue weighted by molar-refractivity contribution is 5.79. The molecule has 0 unspecified atom stereocenters. The van der Waals surface area contributed by atoms with Gasteiger partial charge in [0.2, 0.25) is 17.6 Å². The Morgan fingerprint density at radius 3 is 2.52 bits per heavy atom. The normalized spacial score (nSPS) is 19.0. The molecule has 4 rings (SSSR count). The van der Waals surface area contributed by atoms with Gasteiger partial charge in [-0.2, -0.15) is 4.98 Å². The van der Waals surface area contributed by atoms with Crippen LogP contribution >= 0.6 is 0 Å². The summed E-state index contributed by atoms with van der Waals surface area (Å²) in [6, 6.07) is 8.11. The molecular formula is C19H24N4O2. The molecule has 1 saturated carbocycles. The number of hydrogen-bond acceptors (Lipinski definition) is 5. The predicted octanol–water partition coefficient (Wildman–Crippen LogP) is 2.49. The third kappa shape index (κ3) is 3.58. The molecule has 2 aliphatic rings. The second-order valence-electron chi connectivity index (χ2n) is 7.11. The molecule has 1 aromatic heterocycles. The van der Waals surface area contributed by atoms with Gasteiger partial charge < -0.3 is 9.42 Å². The van der Waals surface area contributed by atoms with Crippen molar-refractivity contribution in [3.05, 3.63) is 35.7 Å². The van der Waals surface area contributed by atoms with E-state index >= 15 is 0 Å². The monoisotopic (exact) mass is 340 g/mol. The number of piperazine rings is 1. The maximum Gasteiger partial charge on any atom is 0.241 e. The van der Waals surface area contributed by atoms with E-state index in [0.717, 1.165) is 44.6 Å². The van der Waals surface area contributed by atoms with E-state index in [1.54, 1.807) is 0 Å². The van der Waals surface area contributed by atoms with Crippen LogP contribution in [-0.4, -0.2) is 52.0 Å². The second-order valence-corrected chi connectivity index (χ2v) is 7.11. The molecule has 2 fully saturated rings. The van der Waals surface area contributed by atoms with Gasteiger partial charge in [0, 0.05) is 37.7 Å². The number of rotatable bonds is 4. The Labute approximate surface area is 147 Å². The number of amides is 1. The molecule has 1 aromatic carbocycles. The van der Waals surface area contributed by atoms with Gasteiger partial charge in [0.15, 0.2) is 0 Å². The zero-order valence-electron chi connectivity index (χ0n) is 14.6. The summed E-state index contributed by atoms with van der Waals surface area (Å²) in [6.45, 7) is 6.02. The first-order valence-corrected chi connectivity index (χ1v) is 9.10. The van der Waals surface area contributed by atoms with Gasteiger partial charge in [0.1, 0.15) is 0 Å². The minimum Gasteiger partial charge on any atom is -0.340 e. The van der Waals surface area contributed by atoms with Crippen LogP contribution in [0, 0.1) is 12.8 Å². The summed E-state index contributed by atoms with van der Waals surface area (Å²) in [6.07, 6.45) is 3.35. The van der Waals surface area contributed by atoms with Crippen LogP contribution < -0.4 is 0 Å². The lowest BCUT2D eigenvalue weighted by Gasteiger charge is -2.37. The largest absolute Gasteiger partial charge is 0.340 e. The van der Waals surface area contributed by atoms with Gasteiger partial charge in [-0.25, -0.2) is 0 Å². The van der Waals surface area contributed by atoms with Crippen molar-refractivity contribution in [1.29, 1.82) is 0 Å². The van der Waals surface area contributed by atoms with Crippen molar-refractivity contribution in [1.82, 2.24) is 19.9 Å². The summed E-state index contributed by atoms with van der Waals surface area (Å²) >= 11 is 0. The lowest BCUT2D eigenvalue weighted by Crippen LogP contribution is -2.50. The number of benzene rings is 1. The standard InChI is InChI=1S/C19H24N4O2/c1-14-5-7-15(8-6-14)18-20-17(25-21-18)13-22-9-11-23(12-10-22)19(24)16-3-2-4-16/h5-8,16H,2-4,9-13H2,1H3. The SMILES string of the molecule is Cc1ccc(-c2noc(CN3CCN(C(=O)C4CCC4)CC3)n2)cc1. The van der Waals surface area contributed by atoms with E-state index in [4.69, 9.17) is 4.52 Å². The zero-order chi connectivity index (χ0) is 17.2.